The van der Waals surface area contributed by atoms with Crippen molar-refractivity contribution in [3.63, 3.8) is 0 Å². The molecule has 0 aliphatic carbocycles. The maximum atomic E-state index is 12.1. The number of urea groups is 1. The zero-order valence-corrected chi connectivity index (χ0v) is 27.6. The van der Waals surface area contributed by atoms with E-state index in [0.717, 1.165) is 48.5 Å². The molecule has 0 radical (unpaired) electrons. The number of aldehydes is 1. The molecule has 1 aliphatic rings. The van der Waals surface area contributed by atoms with Crippen LogP contribution >= 0.6 is 0 Å². The summed E-state index contributed by atoms with van der Waals surface area (Å²) in [5.41, 5.74) is 2.62. The number of hydrogen-bond acceptors (Lipinski definition) is 8. The van der Waals surface area contributed by atoms with Crippen LogP contribution in [-0.4, -0.2) is 80.5 Å². The highest BCUT2D eigenvalue weighted by molar-refractivity contribution is 5.77. The topological polar surface area (TPSA) is 143 Å². The number of nitrogens with one attached hydrogen (secondary N) is 4. The SMILES string of the molecule is C=COc1ccc([NH+](O)CCC)cc1.CC(C)(C)NC(=O)NCC=O.CNc1ccc(COC(=O)N2CCCC2COC)cc1. The highest BCUT2D eigenvalue weighted by Gasteiger charge is 2.29. The van der Waals surface area contributed by atoms with Gasteiger partial charge in [0.05, 0.1) is 25.5 Å². The second-order valence-electron chi connectivity index (χ2n) is 11.2. The molecule has 12 nitrogen and oxygen atoms in total. The average molecular weight is 631 g/mol. The Morgan fingerprint density at radius 3 is 2.33 bits per heavy atom. The van der Waals surface area contributed by atoms with Crippen LogP contribution in [0.3, 0.4) is 0 Å². The Hall–Kier alpha value is -4.13. The Labute approximate surface area is 267 Å². The van der Waals surface area contributed by atoms with Gasteiger partial charge in [-0.15, -0.1) is 0 Å². The second-order valence-corrected chi connectivity index (χ2v) is 11.2. The van der Waals surface area contributed by atoms with Crippen LogP contribution in [-0.2, 0) is 20.9 Å². The molecule has 2 aromatic carbocycles. The van der Waals surface area contributed by atoms with Crippen LogP contribution in [0, 0.1) is 0 Å². The van der Waals surface area contributed by atoms with E-state index in [9.17, 15) is 19.6 Å². The number of ether oxygens (including phenoxy) is 3. The van der Waals surface area contributed by atoms with Gasteiger partial charge in [0.25, 0.3) is 0 Å². The summed E-state index contributed by atoms with van der Waals surface area (Å²) in [5, 5.41) is 18.1. The lowest BCUT2D eigenvalue weighted by molar-refractivity contribution is -1.03. The third kappa shape index (κ3) is 16.5. The maximum absolute atomic E-state index is 12.1. The van der Waals surface area contributed by atoms with Crippen molar-refractivity contribution in [1.29, 1.82) is 0 Å². The van der Waals surface area contributed by atoms with E-state index in [0.29, 0.717) is 31.1 Å². The molecule has 5 N–H and O–H groups in total. The van der Waals surface area contributed by atoms with E-state index in [4.69, 9.17) is 14.2 Å². The van der Waals surface area contributed by atoms with Gasteiger partial charge in [0.2, 0.25) is 0 Å². The third-order valence-electron chi connectivity index (χ3n) is 6.30. The summed E-state index contributed by atoms with van der Waals surface area (Å²) in [6.07, 6.45) is 4.71. The van der Waals surface area contributed by atoms with Crippen molar-refractivity contribution in [2.45, 2.75) is 65.1 Å². The van der Waals surface area contributed by atoms with Crippen LogP contribution in [0.2, 0.25) is 0 Å². The monoisotopic (exact) mass is 630 g/mol. The van der Waals surface area contributed by atoms with Crippen LogP contribution in [0.1, 0.15) is 52.5 Å². The molecule has 0 bridgehead atoms. The predicted molar refractivity (Wildman–Crippen MR) is 175 cm³/mol. The summed E-state index contributed by atoms with van der Waals surface area (Å²) in [6.45, 7) is 13.5. The van der Waals surface area contributed by atoms with Crippen LogP contribution < -0.4 is 25.8 Å². The largest absolute Gasteiger partial charge is 0.466 e. The number of hydrogen-bond donors (Lipinski definition) is 5. The smallest absolute Gasteiger partial charge is 0.410 e. The lowest BCUT2D eigenvalue weighted by Crippen LogP contribution is -3.04. The minimum Gasteiger partial charge on any atom is -0.466 e. The molecular weight excluding hydrogens is 578 g/mol. The number of quaternary nitrogens is 1. The number of hydroxylamine groups is 1. The van der Waals surface area contributed by atoms with E-state index in [1.54, 1.807) is 12.0 Å². The first-order chi connectivity index (χ1) is 21.5. The molecule has 0 spiro atoms. The van der Waals surface area contributed by atoms with Gasteiger partial charge in [0.15, 0.2) is 5.69 Å². The molecule has 45 heavy (non-hydrogen) atoms. The molecular formula is C33H52N5O7+. The number of carbonyl (C=O) groups excluding carboxylic acids is 3. The highest BCUT2D eigenvalue weighted by atomic mass is 16.6. The van der Waals surface area contributed by atoms with Gasteiger partial charge in [-0.3, -0.25) is 0 Å². The first-order valence-corrected chi connectivity index (χ1v) is 15.1. The lowest BCUT2D eigenvalue weighted by atomic mass is 10.1. The normalized spacial score (nSPS) is 14.4. The van der Waals surface area contributed by atoms with Crippen LogP contribution in [0.5, 0.6) is 5.75 Å². The van der Waals surface area contributed by atoms with Crippen LogP contribution in [0.15, 0.2) is 61.4 Å². The molecule has 250 valence electrons. The molecule has 0 aromatic heterocycles. The van der Waals surface area contributed by atoms with E-state index in [2.05, 4.69) is 22.5 Å². The Morgan fingerprint density at radius 1 is 1.13 bits per heavy atom. The van der Waals surface area contributed by atoms with Crippen molar-refractivity contribution in [2.24, 2.45) is 0 Å². The average Bonchev–Trinajstić information content (AvgIpc) is 3.48. The summed E-state index contributed by atoms with van der Waals surface area (Å²) in [5.74, 6) is 0.730. The van der Waals surface area contributed by atoms with E-state index in [-0.39, 0.29) is 30.2 Å². The second kappa shape index (κ2) is 21.6. The fraction of sp³-hybridized carbons (Fsp3) is 0.485. The Kier molecular flexibility index (Phi) is 18.6. The number of benzene rings is 2. The van der Waals surface area contributed by atoms with Gasteiger partial charge in [-0.1, -0.05) is 25.6 Å². The van der Waals surface area contributed by atoms with Crippen molar-refractivity contribution in [3.05, 3.63) is 66.9 Å². The number of likely N-dealkylation sites (tertiary alicyclic amines) is 1. The molecule has 3 amide bonds. The molecule has 1 heterocycles. The van der Waals surface area contributed by atoms with Gasteiger partial charge in [0.1, 0.15) is 25.2 Å². The number of carbonyl (C=O) groups is 3. The standard InChI is InChI=1S/C15H22N2O3.C11H15NO2.C7H14N2O2/c1-16-13-7-5-12(6-8-13)10-20-15(18)17-9-3-4-14(17)11-19-2;1-3-9-12(13)10-5-7-11(8-6-10)14-4-2;1-7(2,3)9-6(11)8-4-5-10/h5-8,14,16H,3-4,9-11H2,1-2H3;4-8,13H,2-3,9H2,1H3;5H,4H2,1-3H3,(H2,8,9,11)/p+1. The summed E-state index contributed by atoms with van der Waals surface area (Å²) in [6, 6.07) is 15.0. The van der Waals surface area contributed by atoms with E-state index < -0.39 is 0 Å². The Morgan fingerprint density at radius 2 is 1.80 bits per heavy atom. The van der Waals surface area contributed by atoms with Crippen molar-refractivity contribution in [1.82, 2.24) is 15.5 Å². The lowest BCUT2D eigenvalue weighted by Gasteiger charge is -2.23. The fourth-order valence-electron chi connectivity index (χ4n) is 4.16. The van der Waals surface area contributed by atoms with Crippen LogP contribution in [0.4, 0.5) is 21.0 Å². The predicted octanol–water partition coefficient (Wildman–Crippen LogP) is 4.28. The van der Waals surface area contributed by atoms with Crippen molar-refractivity contribution in [2.75, 3.05) is 45.7 Å². The molecule has 0 saturated carbocycles. The van der Waals surface area contributed by atoms with Gasteiger partial charge >= 0.3 is 12.1 Å². The van der Waals surface area contributed by atoms with E-state index >= 15 is 0 Å². The molecule has 12 heteroatoms. The molecule has 1 aliphatic heterocycles. The maximum Gasteiger partial charge on any atom is 0.410 e. The van der Waals surface area contributed by atoms with E-state index in [1.165, 1.54) is 6.26 Å². The van der Waals surface area contributed by atoms with Gasteiger partial charge in [-0.25, -0.2) is 14.8 Å². The molecule has 1 fully saturated rings. The van der Waals surface area contributed by atoms with Crippen molar-refractivity contribution >= 4 is 29.8 Å². The van der Waals surface area contributed by atoms with Crippen molar-refractivity contribution < 1.29 is 38.9 Å². The summed E-state index contributed by atoms with van der Waals surface area (Å²) < 4.78 is 15.6. The first-order valence-electron chi connectivity index (χ1n) is 15.1. The summed E-state index contributed by atoms with van der Waals surface area (Å²) in [4.78, 5) is 34.5. The Bertz CT molecular complexity index is 1140. The van der Waals surface area contributed by atoms with Gasteiger partial charge in [-0.05, 0) is 69.9 Å². The number of nitrogens with zero attached hydrogens (tertiary/aromatic N) is 1. The Balaban J connectivity index is 0.000000357. The van der Waals surface area contributed by atoms with Gasteiger partial charge in [0, 0.05) is 44.1 Å². The van der Waals surface area contributed by atoms with Gasteiger partial charge < -0.3 is 39.9 Å². The number of amides is 3. The highest BCUT2D eigenvalue weighted by Crippen LogP contribution is 2.19. The third-order valence-corrected chi connectivity index (χ3v) is 6.30. The summed E-state index contributed by atoms with van der Waals surface area (Å²) in [7, 11) is 3.53. The minimum atomic E-state index is -0.315. The number of anilines is 1. The molecule has 1 saturated heterocycles. The van der Waals surface area contributed by atoms with E-state index in [1.807, 2.05) is 83.3 Å². The van der Waals surface area contributed by atoms with Gasteiger partial charge in [-0.2, -0.15) is 5.06 Å². The minimum absolute atomic E-state index is 0.0575. The van der Waals surface area contributed by atoms with Crippen molar-refractivity contribution in [3.8, 4) is 5.75 Å². The molecule has 2 unspecified atom stereocenters. The number of methoxy groups -OCH3 is 1. The summed E-state index contributed by atoms with van der Waals surface area (Å²) >= 11 is 0. The molecule has 2 atom stereocenters. The number of rotatable bonds is 12. The fourth-order valence-corrected chi connectivity index (χ4v) is 4.16. The molecule has 2 aromatic rings. The first kappa shape index (κ1) is 38.9. The zero-order chi connectivity index (χ0) is 33.7. The zero-order valence-electron chi connectivity index (χ0n) is 27.6. The van der Waals surface area contributed by atoms with Crippen LogP contribution in [0.25, 0.3) is 0 Å². The quantitative estimate of drug-likeness (QED) is 0.133. The molecule has 3 rings (SSSR count).